The van der Waals surface area contributed by atoms with Crippen molar-refractivity contribution < 1.29 is 4.92 Å². The topological polar surface area (TPSA) is 68.1 Å². The van der Waals surface area contributed by atoms with Crippen molar-refractivity contribution in [1.82, 2.24) is 4.98 Å². The molecule has 1 N–H and O–H groups in total. The first-order valence-electron chi connectivity index (χ1n) is 4.95. The SMILES string of the molecule is O=[N+]([O-])c1ccc(Cl)nc1NC1=CC[CH]C=C1. The van der Waals surface area contributed by atoms with Crippen molar-refractivity contribution in [3.8, 4) is 0 Å². The van der Waals surface area contributed by atoms with E-state index in [0.29, 0.717) is 0 Å². The molecule has 0 fully saturated rings. The third-order valence-electron chi connectivity index (χ3n) is 2.19. The zero-order chi connectivity index (χ0) is 12.3. The zero-order valence-electron chi connectivity index (χ0n) is 8.76. The third kappa shape index (κ3) is 2.82. The fraction of sp³-hybridized carbons (Fsp3) is 0.0909. The number of nitrogens with zero attached hydrogens (tertiary/aromatic N) is 2. The molecule has 0 spiro atoms. The van der Waals surface area contributed by atoms with E-state index in [9.17, 15) is 10.1 Å². The summed E-state index contributed by atoms with van der Waals surface area (Å²) in [5.74, 6) is 0.153. The Morgan fingerprint density at radius 3 is 2.94 bits per heavy atom. The summed E-state index contributed by atoms with van der Waals surface area (Å²) in [6.07, 6.45) is 8.36. The smallest absolute Gasteiger partial charge is 0.311 e. The lowest BCUT2D eigenvalue weighted by Crippen LogP contribution is -2.04. The molecule has 0 atom stereocenters. The van der Waals surface area contributed by atoms with Crippen LogP contribution in [-0.4, -0.2) is 9.91 Å². The normalized spacial score (nSPS) is 14.3. The average Bonchev–Trinajstić information content (AvgIpc) is 2.30. The van der Waals surface area contributed by atoms with Crippen molar-refractivity contribution >= 4 is 23.1 Å². The van der Waals surface area contributed by atoms with E-state index in [0.717, 1.165) is 12.1 Å². The second-order valence-electron chi connectivity index (χ2n) is 3.37. The van der Waals surface area contributed by atoms with Gasteiger partial charge in [-0.3, -0.25) is 10.1 Å². The lowest BCUT2D eigenvalue weighted by molar-refractivity contribution is -0.384. The van der Waals surface area contributed by atoms with Crippen molar-refractivity contribution in [1.29, 1.82) is 0 Å². The van der Waals surface area contributed by atoms with Crippen molar-refractivity contribution in [2.45, 2.75) is 6.42 Å². The van der Waals surface area contributed by atoms with Gasteiger partial charge in [0, 0.05) is 11.8 Å². The summed E-state index contributed by atoms with van der Waals surface area (Å²) in [7, 11) is 0. The highest BCUT2D eigenvalue weighted by Crippen LogP contribution is 2.26. The second kappa shape index (κ2) is 4.97. The van der Waals surface area contributed by atoms with E-state index in [1.54, 1.807) is 0 Å². The number of anilines is 1. The van der Waals surface area contributed by atoms with Gasteiger partial charge in [0.05, 0.1) is 4.92 Å². The molecule has 1 heterocycles. The van der Waals surface area contributed by atoms with Crippen LogP contribution >= 0.6 is 11.6 Å². The molecule has 0 aliphatic heterocycles. The first kappa shape index (κ1) is 11.6. The predicted molar refractivity (Wildman–Crippen MR) is 65.7 cm³/mol. The Bertz CT molecular complexity index is 511. The van der Waals surface area contributed by atoms with E-state index in [-0.39, 0.29) is 16.7 Å². The van der Waals surface area contributed by atoms with Gasteiger partial charge in [0.15, 0.2) is 0 Å². The molecule has 5 nitrogen and oxygen atoms in total. The molecule has 0 aromatic carbocycles. The monoisotopic (exact) mass is 250 g/mol. The number of hydrogen-bond acceptors (Lipinski definition) is 4. The van der Waals surface area contributed by atoms with Gasteiger partial charge in [-0.15, -0.1) is 0 Å². The van der Waals surface area contributed by atoms with Crippen LogP contribution in [0.2, 0.25) is 5.15 Å². The maximum Gasteiger partial charge on any atom is 0.311 e. The Morgan fingerprint density at radius 1 is 1.47 bits per heavy atom. The van der Waals surface area contributed by atoms with Crippen LogP contribution in [-0.2, 0) is 0 Å². The van der Waals surface area contributed by atoms with Gasteiger partial charge in [-0.25, -0.2) is 4.98 Å². The number of pyridine rings is 1. The first-order chi connectivity index (χ1) is 8.16. The minimum atomic E-state index is -0.495. The maximum atomic E-state index is 10.8. The molecule has 1 aromatic heterocycles. The number of allylic oxidation sites excluding steroid dienone is 3. The zero-order valence-corrected chi connectivity index (χ0v) is 9.52. The van der Waals surface area contributed by atoms with Gasteiger partial charge in [-0.1, -0.05) is 23.8 Å². The van der Waals surface area contributed by atoms with Crippen molar-refractivity contribution in [3.63, 3.8) is 0 Å². The molecule has 87 valence electrons. The standard InChI is InChI=1S/C11H9ClN3O2/c12-10-7-6-9(15(16)17)11(14-10)13-8-4-2-1-3-5-8/h1-2,4-7H,3H2,(H,13,14). The summed E-state index contributed by atoms with van der Waals surface area (Å²) in [6.45, 7) is 0. The van der Waals surface area contributed by atoms with Crippen molar-refractivity contribution in [3.05, 3.63) is 57.7 Å². The average molecular weight is 251 g/mol. The van der Waals surface area contributed by atoms with Gasteiger partial charge < -0.3 is 5.32 Å². The van der Waals surface area contributed by atoms with Gasteiger partial charge in [0.1, 0.15) is 5.15 Å². The van der Waals surface area contributed by atoms with E-state index in [1.807, 2.05) is 24.6 Å². The van der Waals surface area contributed by atoms with Gasteiger partial charge in [-0.05, 0) is 25.0 Å². The summed E-state index contributed by atoms with van der Waals surface area (Å²) in [5.41, 5.74) is 0.670. The molecule has 6 heteroatoms. The lowest BCUT2D eigenvalue weighted by Gasteiger charge is -2.09. The van der Waals surface area contributed by atoms with Crippen LogP contribution in [0.4, 0.5) is 11.5 Å². The minimum Gasteiger partial charge on any atom is -0.335 e. The number of nitrogens with one attached hydrogen (secondary N) is 1. The van der Waals surface area contributed by atoms with Gasteiger partial charge in [0.25, 0.3) is 0 Å². The van der Waals surface area contributed by atoms with E-state index in [2.05, 4.69) is 10.3 Å². The molecule has 1 aliphatic rings. The highest BCUT2D eigenvalue weighted by atomic mass is 35.5. The van der Waals surface area contributed by atoms with Crippen LogP contribution in [0.1, 0.15) is 6.42 Å². The fourth-order valence-corrected chi connectivity index (χ4v) is 1.56. The van der Waals surface area contributed by atoms with E-state index < -0.39 is 4.92 Å². The summed E-state index contributed by atoms with van der Waals surface area (Å²) in [5, 5.41) is 13.9. The van der Waals surface area contributed by atoms with Crippen LogP contribution in [0.5, 0.6) is 0 Å². The quantitative estimate of drug-likeness (QED) is 0.508. The van der Waals surface area contributed by atoms with Gasteiger partial charge in [0.2, 0.25) is 5.82 Å². The van der Waals surface area contributed by atoms with Crippen molar-refractivity contribution in [2.75, 3.05) is 5.32 Å². The van der Waals surface area contributed by atoms with Crippen LogP contribution in [0.15, 0.2) is 36.1 Å². The van der Waals surface area contributed by atoms with E-state index >= 15 is 0 Å². The Labute approximate surface area is 103 Å². The number of rotatable bonds is 3. The summed E-state index contributed by atoms with van der Waals surface area (Å²) in [6, 6.07) is 2.72. The number of nitro groups is 1. The second-order valence-corrected chi connectivity index (χ2v) is 3.76. The molecule has 1 aliphatic carbocycles. The van der Waals surface area contributed by atoms with E-state index in [4.69, 9.17) is 11.6 Å². The molecular formula is C11H9ClN3O2. The molecule has 17 heavy (non-hydrogen) atoms. The molecule has 2 rings (SSSR count). The summed E-state index contributed by atoms with van der Waals surface area (Å²) in [4.78, 5) is 14.2. The molecule has 0 unspecified atom stereocenters. The minimum absolute atomic E-state index is 0.0988. The first-order valence-corrected chi connectivity index (χ1v) is 5.32. The number of hydrogen-bond donors (Lipinski definition) is 1. The Kier molecular flexibility index (Phi) is 3.39. The highest BCUT2D eigenvalue weighted by molar-refractivity contribution is 6.29. The maximum absolute atomic E-state index is 10.8. The largest absolute Gasteiger partial charge is 0.335 e. The summed E-state index contributed by atoms with van der Waals surface area (Å²) < 4.78 is 0. The van der Waals surface area contributed by atoms with Crippen LogP contribution in [0.25, 0.3) is 0 Å². The molecule has 0 bridgehead atoms. The third-order valence-corrected chi connectivity index (χ3v) is 2.40. The highest BCUT2D eigenvalue weighted by Gasteiger charge is 2.16. The number of aromatic nitrogens is 1. The molecular weight excluding hydrogens is 242 g/mol. The van der Waals surface area contributed by atoms with Gasteiger partial charge >= 0.3 is 5.69 Å². The summed E-state index contributed by atoms with van der Waals surface area (Å²) >= 11 is 5.72. The molecule has 0 saturated heterocycles. The van der Waals surface area contributed by atoms with E-state index in [1.165, 1.54) is 12.1 Å². The molecule has 0 saturated carbocycles. The molecule has 1 radical (unpaired) electrons. The van der Waals surface area contributed by atoms with Gasteiger partial charge in [-0.2, -0.15) is 0 Å². The fourth-order valence-electron chi connectivity index (χ4n) is 1.41. The Balaban J connectivity index is 2.30. The molecule has 1 aromatic rings. The van der Waals surface area contributed by atoms with Crippen LogP contribution in [0.3, 0.4) is 0 Å². The Hall–Kier alpha value is -1.88. The van der Waals surface area contributed by atoms with Crippen molar-refractivity contribution in [2.24, 2.45) is 0 Å². The predicted octanol–water partition coefficient (Wildman–Crippen LogP) is 3.10. The lowest BCUT2D eigenvalue weighted by atomic mass is 10.1. The van der Waals surface area contributed by atoms with Crippen LogP contribution < -0.4 is 5.32 Å². The molecule has 0 amide bonds. The Morgan fingerprint density at radius 2 is 2.29 bits per heavy atom. The number of halogens is 1. The van der Waals surface area contributed by atoms with Crippen LogP contribution in [0, 0.1) is 16.5 Å².